The van der Waals surface area contributed by atoms with Gasteiger partial charge in [-0.1, -0.05) is 0 Å². The zero-order chi connectivity index (χ0) is 43.7. The summed E-state index contributed by atoms with van der Waals surface area (Å²) >= 11 is -3.09. The van der Waals surface area contributed by atoms with Crippen LogP contribution in [-0.2, 0) is 41.9 Å². The first-order chi connectivity index (χ1) is 27.1. The molecule has 2 atom stereocenters. The standard InChI is InChI=1S/2C28H37.C2H4.2ClH.Zr/c2*1-17(2)20-14-24-19(4)18(3)11-25(26(24)15-20)21-12-22(27(5,6)7)16-23(13-21)28(8,9)10;1-2;;;/h2*11-17H,1-10H3;1-2H2;2*1H;/q;;;;;+2/p-2. The molecule has 1 aliphatic heterocycles. The molecule has 2 aliphatic carbocycles. The Hall–Kier alpha value is -2.18. The summed E-state index contributed by atoms with van der Waals surface area (Å²) in [5, 5.41) is 0. The Morgan fingerprint density at radius 2 is 0.721 bits per heavy atom. The maximum Gasteiger partial charge on any atom is -1.00 e. The SMILES string of the molecule is Cc1cc(-c2cc(C(C)(C)C)cc(C(C)(C)C)c2)c2c(c1C)[CH]([Zr+2]1([CH]3C(C(C)C)=Cc4c(-c5cc(C(C)(C)C)cc(C(C)(C)C)c5)cc(C)c(C)c43)[CH2][CH2]1)C(C(C)C)=C2.[Cl-].[Cl-]. The van der Waals surface area contributed by atoms with Crippen LogP contribution in [0, 0.1) is 39.5 Å². The Labute approximate surface area is 390 Å². The van der Waals surface area contributed by atoms with E-state index in [0.717, 1.165) is 0 Å². The summed E-state index contributed by atoms with van der Waals surface area (Å²) in [5.41, 5.74) is 27.7. The fourth-order valence-electron chi connectivity index (χ4n) is 10.7. The van der Waals surface area contributed by atoms with E-state index in [4.69, 9.17) is 0 Å². The summed E-state index contributed by atoms with van der Waals surface area (Å²) in [4.78, 5) is 0. The predicted molar refractivity (Wildman–Crippen MR) is 258 cm³/mol. The Morgan fingerprint density at radius 3 is 0.951 bits per heavy atom. The van der Waals surface area contributed by atoms with E-state index >= 15 is 0 Å². The summed E-state index contributed by atoms with van der Waals surface area (Å²) in [6.45, 7) is 48.2. The average molecular weight is 937 g/mol. The fourth-order valence-corrected chi connectivity index (χ4v) is 29.2. The smallest absolute Gasteiger partial charge is 1.00 e. The molecule has 0 bridgehead atoms. The van der Waals surface area contributed by atoms with Crippen LogP contribution in [0.2, 0.25) is 8.26 Å². The van der Waals surface area contributed by atoms with Crippen molar-refractivity contribution in [1.82, 2.24) is 0 Å². The molecule has 3 aliphatic rings. The molecule has 1 heterocycles. The second-order valence-electron chi connectivity index (χ2n) is 24.2. The van der Waals surface area contributed by atoms with Crippen molar-refractivity contribution in [3.8, 4) is 22.3 Å². The van der Waals surface area contributed by atoms with Gasteiger partial charge in [0, 0.05) is 0 Å². The van der Waals surface area contributed by atoms with Gasteiger partial charge in [0.05, 0.1) is 0 Å². The van der Waals surface area contributed by atoms with Crippen LogP contribution >= 0.6 is 0 Å². The molecular weight excluding hydrogens is 859 g/mol. The van der Waals surface area contributed by atoms with Crippen LogP contribution in [0.5, 0.6) is 0 Å². The molecule has 328 valence electrons. The maximum atomic E-state index is 2.74. The van der Waals surface area contributed by atoms with Gasteiger partial charge in [0.25, 0.3) is 0 Å². The predicted octanol–water partition coefficient (Wildman–Crippen LogP) is 11.3. The number of allylic oxidation sites excluding steroid dienone is 2. The first-order valence-electron chi connectivity index (χ1n) is 23.1. The van der Waals surface area contributed by atoms with E-state index in [-0.39, 0.29) is 46.5 Å². The van der Waals surface area contributed by atoms with E-state index in [1.807, 2.05) is 0 Å². The molecule has 0 radical (unpaired) electrons. The number of hydrogen-bond donors (Lipinski definition) is 0. The van der Waals surface area contributed by atoms with E-state index in [9.17, 15) is 0 Å². The summed E-state index contributed by atoms with van der Waals surface area (Å²) in [5.74, 6) is 1.02. The van der Waals surface area contributed by atoms with Gasteiger partial charge in [-0.15, -0.1) is 0 Å². The molecule has 61 heavy (non-hydrogen) atoms. The van der Waals surface area contributed by atoms with Gasteiger partial charge >= 0.3 is 369 Å². The molecule has 0 spiro atoms. The monoisotopic (exact) mass is 934 g/mol. The minimum absolute atomic E-state index is 0. The van der Waals surface area contributed by atoms with Gasteiger partial charge in [-0.2, -0.15) is 0 Å². The largest absolute Gasteiger partial charge is 1.00 e. The number of halogens is 2. The van der Waals surface area contributed by atoms with Crippen LogP contribution in [0.3, 0.4) is 0 Å². The van der Waals surface area contributed by atoms with Crippen molar-refractivity contribution in [2.24, 2.45) is 11.8 Å². The van der Waals surface area contributed by atoms with Gasteiger partial charge in [0.15, 0.2) is 0 Å². The van der Waals surface area contributed by atoms with Gasteiger partial charge in [-0.05, 0) is 0 Å². The van der Waals surface area contributed by atoms with Crippen LogP contribution in [0.25, 0.3) is 34.4 Å². The zero-order valence-corrected chi connectivity index (χ0v) is 45.7. The van der Waals surface area contributed by atoms with Crippen LogP contribution in [0.4, 0.5) is 0 Å². The summed E-state index contributed by atoms with van der Waals surface area (Å²) in [6.07, 6.45) is 5.47. The maximum absolute atomic E-state index is 3.09. The van der Waals surface area contributed by atoms with Gasteiger partial charge in [-0.25, -0.2) is 0 Å². The molecular formula is C58H78Cl2Zr. The van der Waals surface area contributed by atoms with E-state index in [1.54, 1.807) is 44.5 Å². The number of aryl methyl sites for hydroxylation is 2. The molecule has 0 aromatic heterocycles. The fraction of sp³-hybridized carbons (Fsp3) is 0.517. The Kier molecular flexibility index (Phi) is 13.6. The van der Waals surface area contributed by atoms with E-state index in [1.165, 1.54) is 63.9 Å². The molecule has 0 N–H and O–H groups in total. The summed E-state index contributed by atoms with van der Waals surface area (Å²) in [7, 11) is 0. The minimum Gasteiger partial charge on any atom is -1.00 e. The first-order valence-corrected chi connectivity index (χ1v) is 29.4. The van der Waals surface area contributed by atoms with Crippen molar-refractivity contribution in [3.05, 3.63) is 126 Å². The molecule has 2 unspecified atom stereocenters. The van der Waals surface area contributed by atoms with Gasteiger partial charge in [0.2, 0.25) is 0 Å². The third kappa shape index (κ3) is 8.83. The molecule has 0 nitrogen and oxygen atoms in total. The summed E-state index contributed by atoms with van der Waals surface area (Å²) < 4.78 is 4.15. The number of rotatable bonds is 6. The van der Waals surface area contributed by atoms with E-state index < -0.39 is 20.3 Å². The van der Waals surface area contributed by atoms with Crippen LogP contribution in [-0.4, -0.2) is 0 Å². The number of fused-ring (bicyclic) bond motifs is 2. The second kappa shape index (κ2) is 16.7. The molecule has 4 aromatic rings. The van der Waals surface area contributed by atoms with Crippen molar-refractivity contribution in [3.63, 3.8) is 0 Å². The zero-order valence-electron chi connectivity index (χ0n) is 41.8. The first kappa shape index (κ1) is 49.8. The van der Waals surface area contributed by atoms with E-state index in [2.05, 4.69) is 199 Å². The van der Waals surface area contributed by atoms with E-state index in [0.29, 0.717) is 19.1 Å². The Morgan fingerprint density at radius 1 is 0.443 bits per heavy atom. The van der Waals surface area contributed by atoms with Gasteiger partial charge < -0.3 is 24.8 Å². The summed E-state index contributed by atoms with van der Waals surface area (Å²) in [6, 6.07) is 20.2. The van der Waals surface area contributed by atoms with Crippen molar-refractivity contribution >= 4 is 12.2 Å². The number of benzene rings is 4. The van der Waals surface area contributed by atoms with Crippen molar-refractivity contribution < 1.29 is 45.1 Å². The van der Waals surface area contributed by atoms with Crippen LogP contribution in [0.1, 0.15) is 185 Å². The molecule has 3 heteroatoms. The third-order valence-electron chi connectivity index (χ3n) is 15.0. The molecule has 0 amide bonds. The normalized spacial score (nSPS) is 17.9. The Balaban J connectivity index is 0.00000352. The van der Waals surface area contributed by atoms with Crippen molar-refractivity contribution in [2.75, 3.05) is 0 Å². The third-order valence-corrected chi connectivity index (χ3v) is 27.8. The topological polar surface area (TPSA) is 0 Å². The quantitative estimate of drug-likeness (QED) is 0.181. The number of hydrogen-bond acceptors (Lipinski definition) is 0. The average Bonchev–Trinajstić information content (AvgIpc) is 3.62. The van der Waals surface area contributed by atoms with Crippen molar-refractivity contribution in [2.45, 2.75) is 176 Å². The molecule has 0 saturated carbocycles. The van der Waals surface area contributed by atoms with Crippen molar-refractivity contribution in [1.29, 1.82) is 0 Å². The molecule has 4 aromatic carbocycles. The van der Waals surface area contributed by atoms with Gasteiger partial charge in [0.1, 0.15) is 0 Å². The molecule has 1 saturated heterocycles. The van der Waals surface area contributed by atoms with Crippen LogP contribution in [0.15, 0.2) is 59.7 Å². The second-order valence-corrected chi connectivity index (χ2v) is 35.5. The van der Waals surface area contributed by atoms with Gasteiger partial charge in [-0.3, -0.25) is 0 Å². The molecule has 1 fully saturated rings. The molecule has 7 rings (SSSR count). The Bertz CT molecular complexity index is 2190. The van der Waals surface area contributed by atoms with Crippen LogP contribution < -0.4 is 24.8 Å². The minimum atomic E-state index is -3.09.